The Kier molecular flexibility index (Phi) is 3.12. The first-order valence-electron chi connectivity index (χ1n) is 5.67. The first-order chi connectivity index (χ1) is 9.06. The summed E-state index contributed by atoms with van der Waals surface area (Å²) in [4.78, 5) is 0.673. The van der Waals surface area contributed by atoms with Crippen molar-refractivity contribution in [1.29, 1.82) is 0 Å². The third kappa shape index (κ3) is 2.18. The highest BCUT2D eigenvalue weighted by molar-refractivity contribution is 7.26. The molecule has 5 heteroatoms. The second-order valence-corrected chi connectivity index (χ2v) is 6.39. The fourth-order valence-corrected chi connectivity index (χ4v) is 4.09. The van der Waals surface area contributed by atoms with Gasteiger partial charge in [0.2, 0.25) is 0 Å². The molecule has 3 aromatic rings. The van der Waals surface area contributed by atoms with Crippen molar-refractivity contribution in [2.75, 3.05) is 0 Å². The second-order valence-electron chi connectivity index (χ2n) is 4.32. The van der Waals surface area contributed by atoms with Crippen LogP contribution in [0.4, 0.5) is 8.78 Å². The van der Waals surface area contributed by atoms with E-state index in [-0.39, 0.29) is 5.56 Å². The van der Waals surface area contributed by atoms with Crippen molar-refractivity contribution >= 4 is 32.1 Å². The van der Waals surface area contributed by atoms with E-state index < -0.39 is 17.7 Å². The maximum atomic E-state index is 13.8. The Morgan fingerprint density at radius 2 is 1.89 bits per heavy atom. The van der Waals surface area contributed by atoms with E-state index in [1.54, 1.807) is 18.3 Å². The highest BCUT2D eigenvalue weighted by Gasteiger charge is 2.19. The van der Waals surface area contributed by atoms with Crippen molar-refractivity contribution in [2.45, 2.75) is 13.0 Å². The highest BCUT2D eigenvalue weighted by atomic mass is 32.1. The number of aryl methyl sites for hydroxylation is 1. The van der Waals surface area contributed by atoms with Crippen molar-refractivity contribution in [2.24, 2.45) is 0 Å². The van der Waals surface area contributed by atoms with Crippen LogP contribution < -0.4 is 0 Å². The van der Waals surface area contributed by atoms with Crippen LogP contribution in [0.25, 0.3) is 9.40 Å². The van der Waals surface area contributed by atoms with Crippen molar-refractivity contribution in [3.05, 3.63) is 57.3 Å². The topological polar surface area (TPSA) is 20.2 Å². The predicted molar refractivity (Wildman–Crippen MR) is 74.9 cm³/mol. The molecular weight excluding hydrogens is 286 g/mol. The molecule has 2 aromatic heterocycles. The largest absolute Gasteiger partial charge is 0.383 e. The Hall–Kier alpha value is -1.30. The fourth-order valence-electron chi connectivity index (χ4n) is 1.96. The number of aliphatic hydroxyl groups is 1. The summed E-state index contributed by atoms with van der Waals surface area (Å²) < 4.78 is 29.1. The molecule has 0 amide bonds. The molecule has 0 aliphatic carbocycles. The number of rotatable bonds is 2. The van der Waals surface area contributed by atoms with Crippen LogP contribution in [0.3, 0.4) is 0 Å². The summed E-state index contributed by atoms with van der Waals surface area (Å²) in [5.74, 6) is -1.31. The SMILES string of the molecule is Cc1cc(C(O)c2cc3sccc3s2)c(F)cc1F. The molecule has 1 atom stereocenters. The van der Waals surface area contributed by atoms with E-state index >= 15 is 0 Å². The molecule has 2 heterocycles. The van der Waals surface area contributed by atoms with E-state index in [1.165, 1.54) is 17.4 Å². The maximum absolute atomic E-state index is 13.8. The Bertz CT molecular complexity index is 717. The fraction of sp³-hybridized carbons (Fsp3) is 0.143. The average Bonchev–Trinajstić information content (AvgIpc) is 2.93. The molecule has 0 aliphatic heterocycles. The van der Waals surface area contributed by atoms with Crippen LogP contribution in [0.5, 0.6) is 0 Å². The van der Waals surface area contributed by atoms with E-state index in [4.69, 9.17) is 0 Å². The molecule has 0 bridgehead atoms. The van der Waals surface area contributed by atoms with Crippen LogP contribution in [-0.4, -0.2) is 5.11 Å². The molecule has 0 fully saturated rings. The minimum Gasteiger partial charge on any atom is -0.383 e. The van der Waals surface area contributed by atoms with Crippen molar-refractivity contribution in [3.8, 4) is 0 Å². The first kappa shape index (κ1) is 12.7. The molecule has 0 radical (unpaired) electrons. The average molecular weight is 296 g/mol. The minimum atomic E-state index is -1.05. The summed E-state index contributed by atoms with van der Waals surface area (Å²) in [5, 5.41) is 12.2. The lowest BCUT2D eigenvalue weighted by molar-refractivity contribution is 0.218. The minimum absolute atomic E-state index is 0.118. The van der Waals surface area contributed by atoms with Gasteiger partial charge in [-0.05, 0) is 36.1 Å². The van der Waals surface area contributed by atoms with Gasteiger partial charge in [0, 0.05) is 25.9 Å². The van der Waals surface area contributed by atoms with Crippen LogP contribution in [-0.2, 0) is 0 Å². The standard InChI is InChI=1S/C14H10F2OS2/c1-7-4-8(10(16)5-9(7)15)14(17)13-6-12-11(19-13)2-3-18-12/h2-6,14,17H,1H3. The summed E-state index contributed by atoms with van der Waals surface area (Å²) in [6.07, 6.45) is -1.05. The smallest absolute Gasteiger partial charge is 0.132 e. The van der Waals surface area contributed by atoms with Gasteiger partial charge in [-0.2, -0.15) is 0 Å². The monoisotopic (exact) mass is 296 g/mol. The van der Waals surface area contributed by atoms with Gasteiger partial charge in [-0.1, -0.05) is 0 Å². The van der Waals surface area contributed by atoms with E-state index in [9.17, 15) is 13.9 Å². The molecule has 1 aromatic carbocycles. The van der Waals surface area contributed by atoms with E-state index in [0.29, 0.717) is 10.4 Å². The number of hydrogen-bond donors (Lipinski definition) is 1. The zero-order chi connectivity index (χ0) is 13.6. The summed E-state index contributed by atoms with van der Waals surface area (Å²) in [7, 11) is 0. The van der Waals surface area contributed by atoms with Gasteiger partial charge in [0.1, 0.15) is 17.7 Å². The van der Waals surface area contributed by atoms with Gasteiger partial charge in [-0.15, -0.1) is 22.7 Å². The van der Waals surface area contributed by atoms with Gasteiger partial charge in [-0.25, -0.2) is 8.78 Å². The number of aliphatic hydroxyl groups excluding tert-OH is 1. The van der Waals surface area contributed by atoms with Gasteiger partial charge in [0.05, 0.1) is 0 Å². The third-order valence-electron chi connectivity index (χ3n) is 3.00. The van der Waals surface area contributed by atoms with E-state index in [1.807, 2.05) is 17.5 Å². The number of halogens is 2. The third-order valence-corrected chi connectivity index (χ3v) is 5.15. The van der Waals surface area contributed by atoms with Gasteiger partial charge < -0.3 is 5.11 Å². The number of hydrogen-bond acceptors (Lipinski definition) is 3. The Morgan fingerprint density at radius 3 is 2.63 bits per heavy atom. The zero-order valence-electron chi connectivity index (χ0n) is 9.98. The zero-order valence-corrected chi connectivity index (χ0v) is 11.6. The summed E-state index contributed by atoms with van der Waals surface area (Å²) in [6.45, 7) is 1.55. The lowest BCUT2D eigenvalue weighted by atomic mass is 10.0. The molecule has 0 spiro atoms. The van der Waals surface area contributed by atoms with Gasteiger partial charge in [0.25, 0.3) is 0 Å². The van der Waals surface area contributed by atoms with E-state index in [2.05, 4.69) is 0 Å². The lowest BCUT2D eigenvalue weighted by Gasteiger charge is -2.11. The molecule has 0 saturated heterocycles. The summed E-state index contributed by atoms with van der Waals surface area (Å²) in [6, 6.07) is 6.01. The highest BCUT2D eigenvalue weighted by Crippen LogP contribution is 2.36. The second kappa shape index (κ2) is 4.67. The van der Waals surface area contributed by atoms with Gasteiger partial charge in [-0.3, -0.25) is 0 Å². The quantitative estimate of drug-likeness (QED) is 0.731. The molecule has 0 aliphatic rings. The maximum Gasteiger partial charge on any atom is 0.132 e. The number of fused-ring (bicyclic) bond motifs is 1. The Morgan fingerprint density at radius 1 is 1.11 bits per heavy atom. The molecule has 3 rings (SSSR count). The summed E-state index contributed by atoms with van der Waals surface area (Å²) in [5.41, 5.74) is 0.446. The van der Waals surface area contributed by atoms with Crippen LogP contribution >= 0.6 is 22.7 Å². The van der Waals surface area contributed by atoms with Crippen LogP contribution in [0.2, 0.25) is 0 Å². The summed E-state index contributed by atoms with van der Waals surface area (Å²) >= 11 is 3.00. The van der Waals surface area contributed by atoms with Gasteiger partial charge >= 0.3 is 0 Å². The Balaban J connectivity index is 2.06. The predicted octanol–water partition coefficient (Wildman–Crippen LogP) is 4.63. The molecule has 1 N–H and O–H groups in total. The van der Waals surface area contributed by atoms with E-state index in [0.717, 1.165) is 15.5 Å². The normalized spacial score (nSPS) is 13.1. The molecule has 1 nitrogen and oxygen atoms in total. The number of thiophene rings is 2. The molecule has 1 unspecified atom stereocenters. The van der Waals surface area contributed by atoms with Crippen molar-refractivity contribution in [1.82, 2.24) is 0 Å². The van der Waals surface area contributed by atoms with Crippen molar-refractivity contribution in [3.63, 3.8) is 0 Å². The molecular formula is C14H10F2OS2. The molecule has 0 saturated carbocycles. The first-order valence-corrected chi connectivity index (χ1v) is 7.36. The van der Waals surface area contributed by atoms with Gasteiger partial charge in [0.15, 0.2) is 0 Å². The molecule has 19 heavy (non-hydrogen) atoms. The van der Waals surface area contributed by atoms with Crippen LogP contribution in [0.1, 0.15) is 22.1 Å². The van der Waals surface area contributed by atoms with Crippen molar-refractivity contribution < 1.29 is 13.9 Å². The van der Waals surface area contributed by atoms with Crippen LogP contribution in [0.15, 0.2) is 29.6 Å². The van der Waals surface area contributed by atoms with Crippen LogP contribution in [0, 0.1) is 18.6 Å². The Labute approximate surface area is 116 Å². The lowest BCUT2D eigenvalue weighted by Crippen LogP contribution is -2.02. The number of benzene rings is 1. The molecule has 98 valence electrons.